The highest BCUT2D eigenvalue weighted by Gasteiger charge is 2.28. The first-order chi connectivity index (χ1) is 11.5. The molecular formula is C18H21NO4S. The van der Waals surface area contributed by atoms with Gasteiger partial charge >= 0.3 is 0 Å². The number of fused-ring (bicyclic) bond motifs is 1. The van der Waals surface area contributed by atoms with Gasteiger partial charge in [0.1, 0.15) is 11.5 Å². The predicted molar refractivity (Wildman–Crippen MR) is 91.9 cm³/mol. The van der Waals surface area contributed by atoms with E-state index in [1.54, 1.807) is 31.4 Å². The van der Waals surface area contributed by atoms with Crippen LogP contribution in [0.4, 0.5) is 0 Å². The van der Waals surface area contributed by atoms with Crippen LogP contribution in [0, 0.1) is 0 Å². The van der Waals surface area contributed by atoms with E-state index >= 15 is 0 Å². The van der Waals surface area contributed by atoms with Gasteiger partial charge in [-0.1, -0.05) is 6.07 Å². The van der Waals surface area contributed by atoms with E-state index in [-0.39, 0.29) is 0 Å². The molecule has 1 heterocycles. The van der Waals surface area contributed by atoms with Gasteiger partial charge in [-0.3, -0.25) is 0 Å². The van der Waals surface area contributed by atoms with Crippen molar-refractivity contribution >= 4 is 10.0 Å². The van der Waals surface area contributed by atoms with Crippen LogP contribution in [-0.2, 0) is 23.0 Å². The summed E-state index contributed by atoms with van der Waals surface area (Å²) in [5.74, 6) is 1.48. The van der Waals surface area contributed by atoms with E-state index in [1.165, 1.54) is 4.31 Å². The molecule has 1 aliphatic heterocycles. The second-order valence-electron chi connectivity index (χ2n) is 5.63. The van der Waals surface area contributed by atoms with Gasteiger partial charge in [0.25, 0.3) is 0 Å². The lowest BCUT2D eigenvalue weighted by Crippen LogP contribution is -2.35. The highest BCUT2D eigenvalue weighted by atomic mass is 32.2. The van der Waals surface area contributed by atoms with Crippen molar-refractivity contribution in [3.8, 4) is 11.5 Å². The van der Waals surface area contributed by atoms with Crippen LogP contribution in [0.25, 0.3) is 0 Å². The maximum atomic E-state index is 12.8. The highest BCUT2D eigenvalue weighted by molar-refractivity contribution is 7.89. The third-order valence-electron chi connectivity index (χ3n) is 4.16. The van der Waals surface area contributed by atoms with Crippen LogP contribution in [0.1, 0.15) is 18.1 Å². The molecule has 0 bridgehead atoms. The molecule has 0 saturated carbocycles. The Hall–Kier alpha value is -2.05. The van der Waals surface area contributed by atoms with E-state index in [1.807, 2.05) is 25.1 Å². The molecule has 5 nitrogen and oxygen atoms in total. The fraction of sp³-hybridized carbons (Fsp3) is 0.333. The number of hydrogen-bond acceptors (Lipinski definition) is 4. The zero-order chi connectivity index (χ0) is 17.2. The average molecular weight is 347 g/mol. The van der Waals surface area contributed by atoms with Crippen LogP contribution in [0.15, 0.2) is 47.4 Å². The normalized spacial score (nSPS) is 14.9. The Morgan fingerprint density at radius 1 is 1.04 bits per heavy atom. The molecule has 128 valence electrons. The number of benzene rings is 2. The van der Waals surface area contributed by atoms with Gasteiger partial charge in [-0.15, -0.1) is 0 Å². The summed E-state index contributed by atoms with van der Waals surface area (Å²) in [6.07, 6.45) is 0.683. The van der Waals surface area contributed by atoms with E-state index in [0.29, 0.717) is 36.8 Å². The first-order valence-electron chi connectivity index (χ1n) is 7.93. The average Bonchev–Trinajstić information content (AvgIpc) is 2.61. The lowest BCUT2D eigenvalue weighted by molar-refractivity contribution is 0.340. The van der Waals surface area contributed by atoms with Gasteiger partial charge in [-0.2, -0.15) is 4.31 Å². The summed E-state index contributed by atoms with van der Waals surface area (Å²) >= 11 is 0. The summed E-state index contributed by atoms with van der Waals surface area (Å²) in [5, 5.41) is 0. The van der Waals surface area contributed by atoms with Gasteiger partial charge in [0.05, 0.1) is 18.6 Å². The zero-order valence-corrected chi connectivity index (χ0v) is 14.7. The fourth-order valence-electron chi connectivity index (χ4n) is 2.86. The van der Waals surface area contributed by atoms with Crippen LogP contribution < -0.4 is 9.47 Å². The second-order valence-corrected chi connectivity index (χ2v) is 7.57. The highest BCUT2D eigenvalue weighted by Crippen LogP contribution is 2.28. The Bertz CT molecular complexity index is 815. The molecule has 24 heavy (non-hydrogen) atoms. The molecule has 0 radical (unpaired) electrons. The molecule has 6 heteroatoms. The smallest absolute Gasteiger partial charge is 0.243 e. The minimum atomic E-state index is -3.51. The van der Waals surface area contributed by atoms with Crippen LogP contribution in [0.2, 0.25) is 0 Å². The Kier molecular flexibility index (Phi) is 4.78. The fourth-order valence-corrected chi connectivity index (χ4v) is 4.28. The summed E-state index contributed by atoms with van der Waals surface area (Å²) in [7, 11) is -1.87. The molecule has 0 unspecified atom stereocenters. The summed E-state index contributed by atoms with van der Waals surface area (Å²) in [6.45, 7) is 3.30. The molecule has 2 aromatic rings. The molecule has 0 fully saturated rings. The first-order valence-corrected chi connectivity index (χ1v) is 9.37. The molecule has 0 spiro atoms. The topological polar surface area (TPSA) is 55.8 Å². The maximum Gasteiger partial charge on any atom is 0.243 e. The van der Waals surface area contributed by atoms with Crippen molar-refractivity contribution < 1.29 is 17.9 Å². The largest absolute Gasteiger partial charge is 0.497 e. The molecule has 3 rings (SSSR count). The SMILES string of the molecule is CCOc1ccc(S(=O)(=O)N2CCc3cc(OC)ccc3C2)cc1. The van der Waals surface area contributed by atoms with Crippen molar-refractivity contribution in [1.82, 2.24) is 4.31 Å². The van der Waals surface area contributed by atoms with Gasteiger partial charge in [-0.25, -0.2) is 8.42 Å². The lowest BCUT2D eigenvalue weighted by atomic mass is 10.0. The minimum absolute atomic E-state index is 0.294. The quantitative estimate of drug-likeness (QED) is 0.835. The number of hydrogen-bond donors (Lipinski definition) is 0. The molecule has 2 aromatic carbocycles. The first kappa shape index (κ1) is 16.8. The second kappa shape index (κ2) is 6.83. The Balaban J connectivity index is 1.82. The molecular weight excluding hydrogens is 326 g/mol. The Morgan fingerprint density at radius 2 is 1.75 bits per heavy atom. The van der Waals surface area contributed by atoms with Crippen LogP contribution in [-0.4, -0.2) is 33.0 Å². The third kappa shape index (κ3) is 3.25. The number of sulfonamides is 1. The predicted octanol–water partition coefficient (Wildman–Crippen LogP) is 2.84. The summed E-state index contributed by atoms with van der Waals surface area (Å²) in [5.41, 5.74) is 2.17. The van der Waals surface area contributed by atoms with E-state index in [9.17, 15) is 8.42 Å². The number of nitrogens with zero attached hydrogens (tertiary/aromatic N) is 1. The summed E-state index contributed by atoms with van der Waals surface area (Å²) < 4.78 is 37.8. The summed E-state index contributed by atoms with van der Waals surface area (Å²) in [6, 6.07) is 12.4. The third-order valence-corrected chi connectivity index (χ3v) is 6.02. The van der Waals surface area contributed by atoms with Gasteiger partial charge in [0, 0.05) is 13.1 Å². The Labute approximate surface area is 142 Å². The van der Waals surface area contributed by atoms with E-state index in [2.05, 4.69) is 0 Å². The minimum Gasteiger partial charge on any atom is -0.497 e. The molecule has 0 amide bonds. The molecule has 0 saturated heterocycles. The standard InChI is InChI=1S/C18H21NO4S/c1-3-23-16-6-8-18(9-7-16)24(20,21)19-11-10-14-12-17(22-2)5-4-15(14)13-19/h4-9,12H,3,10-11,13H2,1-2H3. The maximum absolute atomic E-state index is 12.8. The zero-order valence-electron chi connectivity index (χ0n) is 13.9. The van der Waals surface area contributed by atoms with E-state index in [0.717, 1.165) is 16.9 Å². The molecule has 0 atom stereocenters. The van der Waals surface area contributed by atoms with Gasteiger partial charge in [0.2, 0.25) is 10.0 Å². The van der Waals surface area contributed by atoms with Crippen molar-refractivity contribution in [2.24, 2.45) is 0 Å². The van der Waals surface area contributed by atoms with E-state index in [4.69, 9.17) is 9.47 Å². The number of ether oxygens (including phenoxy) is 2. The number of rotatable bonds is 5. The van der Waals surface area contributed by atoms with E-state index < -0.39 is 10.0 Å². The van der Waals surface area contributed by atoms with Crippen molar-refractivity contribution in [1.29, 1.82) is 0 Å². The van der Waals surface area contributed by atoms with Crippen molar-refractivity contribution in [3.63, 3.8) is 0 Å². The van der Waals surface area contributed by atoms with Crippen molar-refractivity contribution in [2.45, 2.75) is 24.8 Å². The van der Waals surface area contributed by atoms with Crippen LogP contribution in [0.3, 0.4) is 0 Å². The van der Waals surface area contributed by atoms with Crippen LogP contribution in [0.5, 0.6) is 11.5 Å². The molecule has 0 aromatic heterocycles. The monoisotopic (exact) mass is 347 g/mol. The van der Waals surface area contributed by atoms with Gasteiger partial charge in [-0.05, 0) is 60.9 Å². The van der Waals surface area contributed by atoms with Gasteiger partial charge < -0.3 is 9.47 Å². The summed E-state index contributed by atoms with van der Waals surface area (Å²) in [4.78, 5) is 0.294. The Morgan fingerprint density at radius 3 is 2.42 bits per heavy atom. The van der Waals surface area contributed by atoms with Crippen molar-refractivity contribution in [3.05, 3.63) is 53.6 Å². The number of methoxy groups -OCH3 is 1. The molecule has 1 aliphatic rings. The lowest BCUT2D eigenvalue weighted by Gasteiger charge is -2.28. The van der Waals surface area contributed by atoms with Gasteiger partial charge in [0.15, 0.2) is 0 Å². The van der Waals surface area contributed by atoms with Crippen LogP contribution >= 0.6 is 0 Å². The molecule has 0 N–H and O–H groups in total. The van der Waals surface area contributed by atoms with Crippen molar-refractivity contribution in [2.75, 3.05) is 20.3 Å². The molecule has 0 aliphatic carbocycles.